The van der Waals surface area contributed by atoms with Crippen LogP contribution in [-0.2, 0) is 14.3 Å². The van der Waals surface area contributed by atoms with Gasteiger partial charge in [-0.2, -0.15) is 0 Å². The lowest BCUT2D eigenvalue weighted by molar-refractivity contribution is -0.147. The van der Waals surface area contributed by atoms with E-state index >= 15 is 0 Å². The van der Waals surface area contributed by atoms with Crippen molar-refractivity contribution in [1.82, 2.24) is 0 Å². The first-order chi connectivity index (χ1) is 5.62. The van der Waals surface area contributed by atoms with E-state index in [1.807, 2.05) is 0 Å². The molecule has 3 heteroatoms. The highest BCUT2D eigenvalue weighted by Gasteiger charge is 2.28. The Hall–Kier alpha value is -0.570. The molecule has 1 atom stereocenters. The summed E-state index contributed by atoms with van der Waals surface area (Å²) >= 11 is 0. The first kappa shape index (κ1) is 9.52. The van der Waals surface area contributed by atoms with Gasteiger partial charge < -0.3 is 9.47 Å². The van der Waals surface area contributed by atoms with Crippen molar-refractivity contribution in [2.45, 2.75) is 26.7 Å². The molecule has 3 nitrogen and oxygen atoms in total. The maximum atomic E-state index is 10.6. The number of hydrogen-bond acceptors (Lipinski definition) is 3. The van der Waals surface area contributed by atoms with Gasteiger partial charge in [-0.15, -0.1) is 0 Å². The van der Waals surface area contributed by atoms with Crippen LogP contribution in [0.3, 0.4) is 0 Å². The van der Waals surface area contributed by atoms with Crippen LogP contribution in [0.1, 0.15) is 26.7 Å². The van der Waals surface area contributed by atoms with Crippen LogP contribution in [0.2, 0.25) is 0 Å². The van der Waals surface area contributed by atoms with Crippen LogP contribution in [-0.4, -0.2) is 25.8 Å². The van der Waals surface area contributed by atoms with Crippen molar-refractivity contribution in [2.75, 3.05) is 19.8 Å². The zero-order chi connectivity index (χ0) is 9.03. The van der Waals surface area contributed by atoms with Gasteiger partial charge in [-0.25, -0.2) is 0 Å². The van der Waals surface area contributed by atoms with Crippen molar-refractivity contribution in [3.63, 3.8) is 0 Å². The molecule has 0 N–H and O–H groups in total. The summed E-state index contributed by atoms with van der Waals surface area (Å²) in [6.45, 7) is 5.57. The van der Waals surface area contributed by atoms with Crippen molar-refractivity contribution in [1.29, 1.82) is 0 Å². The zero-order valence-corrected chi connectivity index (χ0v) is 7.76. The van der Waals surface area contributed by atoms with Crippen molar-refractivity contribution >= 4 is 5.97 Å². The third-order valence-electron chi connectivity index (χ3n) is 2.14. The topological polar surface area (TPSA) is 35.5 Å². The lowest BCUT2D eigenvalue weighted by Crippen LogP contribution is -2.33. The van der Waals surface area contributed by atoms with E-state index in [-0.39, 0.29) is 11.4 Å². The van der Waals surface area contributed by atoms with Gasteiger partial charge in [0.25, 0.3) is 0 Å². The average Bonchev–Trinajstić information content (AvgIpc) is 2.03. The molecule has 12 heavy (non-hydrogen) atoms. The fraction of sp³-hybridized carbons (Fsp3) is 0.889. The Balaban J connectivity index is 2.31. The third kappa shape index (κ3) is 2.81. The van der Waals surface area contributed by atoms with Crippen molar-refractivity contribution in [3.05, 3.63) is 0 Å². The fourth-order valence-electron chi connectivity index (χ4n) is 1.38. The largest absolute Gasteiger partial charge is 0.465 e. The highest BCUT2D eigenvalue weighted by Crippen LogP contribution is 2.27. The van der Waals surface area contributed by atoms with Crippen LogP contribution in [0.25, 0.3) is 0 Å². The summed E-state index contributed by atoms with van der Waals surface area (Å²) < 4.78 is 10.3. The quantitative estimate of drug-likeness (QED) is 0.590. The second-order valence-corrected chi connectivity index (χ2v) is 3.75. The Labute approximate surface area is 73.0 Å². The van der Waals surface area contributed by atoms with Crippen LogP contribution >= 0.6 is 0 Å². The van der Waals surface area contributed by atoms with E-state index in [2.05, 4.69) is 6.92 Å². The Morgan fingerprint density at radius 2 is 2.42 bits per heavy atom. The molecule has 0 aliphatic carbocycles. The van der Waals surface area contributed by atoms with E-state index in [9.17, 15) is 4.79 Å². The molecular formula is C9H16O3. The lowest BCUT2D eigenvalue weighted by atomic mass is 9.86. The molecule has 0 aromatic rings. The first-order valence-electron chi connectivity index (χ1n) is 4.33. The van der Waals surface area contributed by atoms with Crippen LogP contribution < -0.4 is 0 Å². The van der Waals surface area contributed by atoms with Crippen molar-refractivity contribution < 1.29 is 14.3 Å². The molecule has 0 bridgehead atoms. The van der Waals surface area contributed by atoms with Gasteiger partial charge in [-0.05, 0) is 12.8 Å². The summed E-state index contributed by atoms with van der Waals surface area (Å²) in [6, 6.07) is 0. The normalized spacial score (nSPS) is 29.8. The molecule has 0 aromatic heterocycles. The molecule has 0 aromatic carbocycles. The zero-order valence-electron chi connectivity index (χ0n) is 7.76. The summed E-state index contributed by atoms with van der Waals surface area (Å²) in [6.07, 6.45) is 2.15. The minimum atomic E-state index is -0.207. The lowest BCUT2D eigenvalue weighted by Gasteiger charge is -2.32. The first-order valence-corrected chi connectivity index (χ1v) is 4.33. The number of carbonyl (C=O) groups excluding carboxylic acids is 1. The molecule has 1 rings (SSSR count). The number of carbonyl (C=O) groups is 1. The van der Waals surface area contributed by atoms with Crippen molar-refractivity contribution in [3.8, 4) is 0 Å². The molecule has 1 unspecified atom stereocenters. The summed E-state index contributed by atoms with van der Waals surface area (Å²) in [4.78, 5) is 10.6. The molecular weight excluding hydrogens is 156 g/mol. The third-order valence-corrected chi connectivity index (χ3v) is 2.14. The Morgan fingerprint density at radius 1 is 1.67 bits per heavy atom. The van der Waals surface area contributed by atoms with Crippen LogP contribution in [0.5, 0.6) is 0 Å². The molecule has 1 heterocycles. The molecule has 70 valence electrons. The molecule has 0 amide bonds. The van der Waals surface area contributed by atoms with Crippen LogP contribution in [0.15, 0.2) is 0 Å². The second-order valence-electron chi connectivity index (χ2n) is 3.75. The number of hydrogen-bond donors (Lipinski definition) is 0. The highest BCUT2D eigenvalue weighted by molar-refractivity contribution is 5.65. The van der Waals surface area contributed by atoms with Gasteiger partial charge in [0, 0.05) is 18.9 Å². The van der Waals surface area contributed by atoms with Gasteiger partial charge in [0.2, 0.25) is 0 Å². The predicted octanol–water partition coefficient (Wildman–Crippen LogP) is 1.37. The second kappa shape index (κ2) is 3.90. The highest BCUT2D eigenvalue weighted by atomic mass is 16.5. The van der Waals surface area contributed by atoms with E-state index in [0.717, 1.165) is 19.4 Å². The molecule has 1 aliphatic rings. The minimum Gasteiger partial charge on any atom is -0.465 e. The van der Waals surface area contributed by atoms with Crippen LogP contribution in [0, 0.1) is 5.41 Å². The number of esters is 1. The average molecular weight is 172 g/mol. The minimum absolute atomic E-state index is 0.0456. The van der Waals surface area contributed by atoms with Gasteiger partial charge in [0.1, 0.15) is 0 Å². The fourth-order valence-corrected chi connectivity index (χ4v) is 1.38. The van der Waals surface area contributed by atoms with E-state index in [1.165, 1.54) is 6.92 Å². The molecule has 0 spiro atoms. The Kier molecular flexibility index (Phi) is 3.09. The van der Waals surface area contributed by atoms with E-state index in [1.54, 1.807) is 0 Å². The van der Waals surface area contributed by atoms with Gasteiger partial charge in [0.05, 0.1) is 13.2 Å². The van der Waals surface area contributed by atoms with Gasteiger partial charge in [-0.1, -0.05) is 6.92 Å². The summed E-state index contributed by atoms with van der Waals surface area (Å²) in [5, 5.41) is 0. The smallest absolute Gasteiger partial charge is 0.302 e. The van der Waals surface area contributed by atoms with Gasteiger partial charge in [-0.3, -0.25) is 4.79 Å². The van der Waals surface area contributed by atoms with Gasteiger partial charge >= 0.3 is 5.97 Å². The SMILES string of the molecule is CC(=O)OCC1(C)CCCOC1. The van der Waals surface area contributed by atoms with E-state index in [0.29, 0.717) is 13.2 Å². The summed E-state index contributed by atoms with van der Waals surface area (Å²) in [7, 11) is 0. The summed E-state index contributed by atoms with van der Waals surface area (Å²) in [5.41, 5.74) is 0.0456. The molecule has 0 saturated carbocycles. The Bertz CT molecular complexity index is 159. The standard InChI is InChI=1S/C9H16O3/c1-8(10)12-7-9(2)4-3-5-11-6-9/h3-7H2,1-2H3. The maximum Gasteiger partial charge on any atom is 0.302 e. The molecule has 1 saturated heterocycles. The van der Waals surface area contributed by atoms with E-state index < -0.39 is 0 Å². The molecule has 1 fully saturated rings. The number of ether oxygens (including phenoxy) is 2. The molecule has 0 radical (unpaired) electrons. The molecule has 1 aliphatic heterocycles. The Morgan fingerprint density at radius 3 is 2.92 bits per heavy atom. The maximum absolute atomic E-state index is 10.6. The monoisotopic (exact) mass is 172 g/mol. The number of rotatable bonds is 2. The predicted molar refractivity (Wildman–Crippen MR) is 44.8 cm³/mol. The van der Waals surface area contributed by atoms with Crippen LogP contribution in [0.4, 0.5) is 0 Å². The van der Waals surface area contributed by atoms with E-state index in [4.69, 9.17) is 9.47 Å². The summed E-state index contributed by atoms with van der Waals surface area (Å²) in [5.74, 6) is -0.207. The van der Waals surface area contributed by atoms with Gasteiger partial charge in [0.15, 0.2) is 0 Å². The van der Waals surface area contributed by atoms with Crippen molar-refractivity contribution in [2.24, 2.45) is 5.41 Å².